The quantitative estimate of drug-likeness (QED) is 0.543. The summed E-state index contributed by atoms with van der Waals surface area (Å²) in [7, 11) is 4.88. The van der Waals surface area contributed by atoms with Gasteiger partial charge in [-0.2, -0.15) is 0 Å². The first-order valence-corrected chi connectivity index (χ1v) is 12.2. The van der Waals surface area contributed by atoms with Crippen LogP contribution < -0.4 is 35.1 Å². The number of anilines is 1. The number of pyridine rings is 1. The maximum absolute atomic E-state index is 12.2. The van der Waals surface area contributed by atoms with Crippen molar-refractivity contribution >= 4 is 47.4 Å². The molecule has 202 valence electrons. The van der Waals surface area contributed by atoms with Crippen LogP contribution in [-0.2, 0) is 11.3 Å². The van der Waals surface area contributed by atoms with Crippen LogP contribution in [0.3, 0.4) is 0 Å². The smallest absolute Gasteiger partial charge is 0.233 e. The summed E-state index contributed by atoms with van der Waals surface area (Å²) in [6.07, 6.45) is 4.22. The number of aromatic nitrogens is 1. The van der Waals surface area contributed by atoms with Gasteiger partial charge in [0.2, 0.25) is 11.7 Å². The van der Waals surface area contributed by atoms with Gasteiger partial charge in [-0.25, -0.2) is 4.98 Å². The van der Waals surface area contributed by atoms with E-state index in [1.807, 2.05) is 6.07 Å². The van der Waals surface area contributed by atoms with Crippen LogP contribution in [0, 0.1) is 5.92 Å². The van der Waals surface area contributed by atoms with Crippen LogP contribution in [0.1, 0.15) is 31.2 Å². The lowest BCUT2D eigenvalue weighted by Crippen LogP contribution is -2.43. The number of halogens is 2. The summed E-state index contributed by atoms with van der Waals surface area (Å²) in [6.45, 7) is 5.35. The third kappa shape index (κ3) is 6.97. The Balaban J connectivity index is 0.00000228. The first kappa shape index (κ1) is 30.0. The molecule has 3 heterocycles. The molecule has 0 saturated carbocycles. The second kappa shape index (κ2) is 14.5. The van der Waals surface area contributed by atoms with Crippen molar-refractivity contribution in [2.75, 3.05) is 65.5 Å². The van der Waals surface area contributed by atoms with Gasteiger partial charge in [-0.3, -0.25) is 4.79 Å². The Morgan fingerprint density at radius 1 is 0.944 bits per heavy atom. The van der Waals surface area contributed by atoms with Crippen molar-refractivity contribution in [3.05, 3.63) is 17.7 Å². The molecular formula is C25H39Cl2N5O4. The molecule has 9 nitrogen and oxygen atoms in total. The largest absolute Gasteiger partial charge is 0.493 e. The average Bonchev–Trinajstić information content (AvgIpc) is 2.86. The Morgan fingerprint density at radius 3 is 2.36 bits per heavy atom. The number of methoxy groups -OCH3 is 3. The van der Waals surface area contributed by atoms with Crippen LogP contribution in [0.5, 0.6) is 17.2 Å². The number of ether oxygens (including phenoxy) is 3. The molecule has 1 unspecified atom stereocenters. The number of nitrogens with zero attached hydrogens (tertiary/aromatic N) is 2. The normalized spacial score (nSPS) is 19.2. The number of fused-ring (bicyclic) bond motifs is 5. The highest BCUT2D eigenvalue weighted by Crippen LogP contribution is 2.44. The number of amides is 1. The van der Waals surface area contributed by atoms with Crippen LogP contribution in [0.4, 0.5) is 5.82 Å². The lowest BCUT2D eigenvalue weighted by Gasteiger charge is -2.35. The van der Waals surface area contributed by atoms with E-state index >= 15 is 0 Å². The SMILES string of the molecule is COc1cc2nc3c(cc2c(OC)c1OC)CNCCCCNCC(=O)NCC1CCCN3C1.Cl.Cl. The molecule has 0 spiro atoms. The van der Waals surface area contributed by atoms with Gasteiger partial charge in [0.1, 0.15) is 5.82 Å². The maximum atomic E-state index is 12.2. The molecule has 11 heteroatoms. The second-order valence-corrected chi connectivity index (χ2v) is 9.00. The van der Waals surface area contributed by atoms with E-state index in [4.69, 9.17) is 19.2 Å². The first-order chi connectivity index (χ1) is 16.6. The van der Waals surface area contributed by atoms with E-state index in [0.29, 0.717) is 36.3 Å². The molecule has 1 aromatic heterocycles. The molecule has 2 aliphatic heterocycles. The number of hydrogen-bond acceptors (Lipinski definition) is 8. The molecule has 1 aromatic carbocycles. The summed E-state index contributed by atoms with van der Waals surface area (Å²) in [5, 5.41) is 10.8. The maximum Gasteiger partial charge on any atom is 0.233 e. The summed E-state index contributed by atoms with van der Waals surface area (Å²) in [5.41, 5.74) is 1.94. The number of carbonyl (C=O) groups is 1. The van der Waals surface area contributed by atoms with Crippen LogP contribution in [-0.4, -0.2) is 71.5 Å². The minimum Gasteiger partial charge on any atom is -0.493 e. The number of nitrogens with one attached hydrogen (secondary N) is 3. The van der Waals surface area contributed by atoms with E-state index in [9.17, 15) is 4.79 Å². The molecule has 4 rings (SSSR count). The van der Waals surface area contributed by atoms with Crippen molar-refractivity contribution in [2.45, 2.75) is 32.2 Å². The van der Waals surface area contributed by atoms with Gasteiger partial charge in [0.15, 0.2) is 11.5 Å². The van der Waals surface area contributed by atoms with E-state index in [1.165, 1.54) is 0 Å². The van der Waals surface area contributed by atoms with Gasteiger partial charge in [0.05, 0.1) is 33.4 Å². The minimum absolute atomic E-state index is 0. The topological polar surface area (TPSA) is 97.0 Å². The van der Waals surface area contributed by atoms with Crippen molar-refractivity contribution in [1.29, 1.82) is 0 Å². The Hall–Kier alpha value is -2.20. The van der Waals surface area contributed by atoms with Gasteiger partial charge in [0, 0.05) is 43.2 Å². The molecule has 1 saturated heterocycles. The first-order valence-electron chi connectivity index (χ1n) is 12.2. The van der Waals surface area contributed by atoms with Gasteiger partial charge >= 0.3 is 0 Å². The highest BCUT2D eigenvalue weighted by molar-refractivity contribution is 5.92. The Kier molecular flexibility index (Phi) is 12.1. The van der Waals surface area contributed by atoms with E-state index in [-0.39, 0.29) is 30.7 Å². The highest BCUT2D eigenvalue weighted by Gasteiger charge is 2.25. The Labute approximate surface area is 225 Å². The fraction of sp³-hybridized carbons (Fsp3) is 0.600. The molecule has 1 amide bonds. The Morgan fingerprint density at radius 2 is 1.67 bits per heavy atom. The highest BCUT2D eigenvalue weighted by atomic mass is 35.5. The molecule has 0 aliphatic carbocycles. The third-order valence-electron chi connectivity index (χ3n) is 6.64. The van der Waals surface area contributed by atoms with E-state index in [0.717, 1.165) is 80.7 Å². The van der Waals surface area contributed by atoms with Crippen LogP contribution in [0.25, 0.3) is 10.9 Å². The molecule has 1 fully saturated rings. The van der Waals surface area contributed by atoms with Gasteiger partial charge in [-0.05, 0) is 50.8 Å². The molecule has 2 bridgehead atoms. The minimum atomic E-state index is 0. The number of piperidine rings is 1. The molecule has 36 heavy (non-hydrogen) atoms. The lowest BCUT2D eigenvalue weighted by atomic mass is 9.97. The summed E-state index contributed by atoms with van der Waals surface area (Å²) in [5.74, 6) is 3.24. The predicted octanol–water partition coefficient (Wildman–Crippen LogP) is 2.91. The fourth-order valence-electron chi connectivity index (χ4n) is 4.90. The molecular weight excluding hydrogens is 505 g/mol. The van der Waals surface area contributed by atoms with Crippen LogP contribution in [0.2, 0.25) is 0 Å². The zero-order valence-corrected chi connectivity index (χ0v) is 23.0. The molecule has 2 aromatic rings. The summed E-state index contributed by atoms with van der Waals surface area (Å²) >= 11 is 0. The van der Waals surface area contributed by atoms with Crippen molar-refractivity contribution in [1.82, 2.24) is 20.9 Å². The number of hydrogen-bond donors (Lipinski definition) is 3. The van der Waals surface area contributed by atoms with Gasteiger partial charge in [0.25, 0.3) is 0 Å². The van der Waals surface area contributed by atoms with Crippen LogP contribution >= 0.6 is 24.8 Å². The van der Waals surface area contributed by atoms with Gasteiger partial charge in [-0.15, -0.1) is 24.8 Å². The second-order valence-electron chi connectivity index (χ2n) is 9.00. The zero-order valence-electron chi connectivity index (χ0n) is 21.4. The Bertz CT molecular complexity index is 1010. The predicted molar refractivity (Wildman–Crippen MR) is 148 cm³/mol. The van der Waals surface area contributed by atoms with Gasteiger partial charge < -0.3 is 35.1 Å². The summed E-state index contributed by atoms with van der Waals surface area (Å²) in [6, 6.07) is 4.08. The van der Waals surface area contributed by atoms with Crippen molar-refractivity contribution < 1.29 is 19.0 Å². The zero-order chi connectivity index (χ0) is 23.9. The van der Waals surface area contributed by atoms with Crippen molar-refractivity contribution in [3.8, 4) is 17.2 Å². The number of benzene rings is 1. The van der Waals surface area contributed by atoms with E-state index in [2.05, 4.69) is 26.9 Å². The standard InChI is InChI=1S/C25H37N5O4.2ClH/c1-32-21-12-20-19(23(33-2)24(21)34-3)11-18-14-26-8-4-5-9-27-15-22(31)28-13-17-7-6-10-30(16-17)25(18)29-20;;/h11-12,17,26-27H,4-10,13-16H2,1-3H3,(H,28,31);2*1H. The van der Waals surface area contributed by atoms with E-state index in [1.54, 1.807) is 21.3 Å². The average molecular weight is 545 g/mol. The van der Waals surface area contributed by atoms with Crippen molar-refractivity contribution in [3.63, 3.8) is 0 Å². The lowest BCUT2D eigenvalue weighted by molar-refractivity contribution is -0.120. The van der Waals surface area contributed by atoms with E-state index < -0.39 is 0 Å². The molecule has 0 radical (unpaired) electrons. The third-order valence-corrected chi connectivity index (χ3v) is 6.64. The van der Waals surface area contributed by atoms with Crippen LogP contribution in [0.15, 0.2) is 12.1 Å². The summed E-state index contributed by atoms with van der Waals surface area (Å²) < 4.78 is 16.9. The summed E-state index contributed by atoms with van der Waals surface area (Å²) in [4.78, 5) is 19.7. The molecule has 2 aliphatic rings. The number of carbonyl (C=O) groups excluding carboxylic acids is 1. The molecule has 1 atom stereocenters. The monoisotopic (exact) mass is 543 g/mol. The molecule has 3 N–H and O–H groups in total. The van der Waals surface area contributed by atoms with Crippen molar-refractivity contribution in [2.24, 2.45) is 5.92 Å². The number of rotatable bonds is 3. The van der Waals surface area contributed by atoms with Gasteiger partial charge in [-0.1, -0.05) is 0 Å². The fourth-order valence-corrected chi connectivity index (χ4v) is 4.90.